The monoisotopic (exact) mass is 335 g/mol. The Morgan fingerprint density at radius 2 is 1.40 bits per heavy atom. The quantitative estimate of drug-likeness (QED) is 0.439. The molecule has 3 aromatic rings. The van der Waals surface area contributed by atoms with Crippen molar-refractivity contribution in [3.8, 4) is 0 Å². The summed E-state index contributed by atoms with van der Waals surface area (Å²) in [4.78, 5) is 20.1. The van der Waals surface area contributed by atoms with Gasteiger partial charge in [0.15, 0.2) is 11.6 Å². The summed E-state index contributed by atoms with van der Waals surface area (Å²) in [6.07, 6.45) is 1.34. The highest BCUT2D eigenvalue weighted by atomic mass is 16.2. The first-order valence-electron chi connectivity index (χ1n) is 7.53. The fraction of sp³-hybridized carbons (Fsp3) is 0. The number of benzene rings is 2. The van der Waals surface area contributed by atoms with Crippen LogP contribution in [-0.2, 0) is 0 Å². The number of nitrogens with two attached hydrogens (primary N) is 1. The van der Waals surface area contributed by atoms with E-state index in [9.17, 15) is 4.79 Å². The van der Waals surface area contributed by atoms with Gasteiger partial charge in [0.05, 0.1) is 5.69 Å². The summed E-state index contributed by atoms with van der Waals surface area (Å²) in [6, 6.07) is 18.3. The topological polar surface area (TPSA) is 117 Å². The molecule has 0 fully saturated rings. The fourth-order valence-corrected chi connectivity index (χ4v) is 2.03. The van der Waals surface area contributed by atoms with Gasteiger partial charge in [0.1, 0.15) is 12.0 Å². The lowest BCUT2D eigenvalue weighted by atomic mass is 10.2. The second-order valence-electron chi connectivity index (χ2n) is 5.05. The summed E-state index contributed by atoms with van der Waals surface area (Å²) in [7, 11) is 0. The smallest absolute Gasteiger partial charge is 0.269 e. The molecule has 8 heteroatoms. The van der Waals surface area contributed by atoms with E-state index in [1.807, 2.05) is 36.4 Å². The molecule has 0 radical (unpaired) electrons. The van der Waals surface area contributed by atoms with Gasteiger partial charge >= 0.3 is 0 Å². The van der Waals surface area contributed by atoms with Gasteiger partial charge < -0.3 is 5.73 Å². The van der Waals surface area contributed by atoms with E-state index in [0.29, 0.717) is 11.4 Å². The van der Waals surface area contributed by atoms with Crippen LogP contribution in [0, 0.1) is 0 Å². The first-order chi connectivity index (χ1) is 12.2. The van der Waals surface area contributed by atoms with E-state index < -0.39 is 0 Å². The highest BCUT2D eigenvalue weighted by Gasteiger charge is 2.09. The third kappa shape index (κ3) is 4.14. The minimum absolute atomic E-state index is 0.263. The van der Waals surface area contributed by atoms with Crippen molar-refractivity contribution >= 4 is 28.9 Å². The van der Waals surface area contributed by atoms with Crippen molar-refractivity contribution in [3.63, 3.8) is 0 Å². The second-order valence-corrected chi connectivity index (χ2v) is 5.05. The van der Waals surface area contributed by atoms with Crippen LogP contribution in [0.3, 0.4) is 0 Å². The van der Waals surface area contributed by atoms with Crippen LogP contribution in [0.2, 0.25) is 0 Å². The van der Waals surface area contributed by atoms with Gasteiger partial charge in [-0.25, -0.2) is 9.97 Å². The van der Waals surface area contributed by atoms with Gasteiger partial charge in [0.2, 0.25) is 0 Å². The number of carbonyl (C=O) groups excluding carboxylic acids is 1. The molecule has 0 saturated heterocycles. The predicted molar refractivity (Wildman–Crippen MR) is 97.7 cm³/mol. The number of carbonyl (C=O) groups is 1. The molecule has 0 bridgehead atoms. The van der Waals surface area contributed by atoms with Crippen LogP contribution in [0.15, 0.2) is 67.0 Å². The van der Waals surface area contributed by atoms with Crippen LogP contribution >= 0.6 is 0 Å². The van der Waals surface area contributed by atoms with Gasteiger partial charge in [-0.2, -0.15) is 0 Å². The molecule has 1 amide bonds. The number of nitrogen functional groups attached to an aromatic ring is 1. The van der Waals surface area contributed by atoms with Crippen LogP contribution < -0.4 is 27.4 Å². The summed E-state index contributed by atoms with van der Waals surface area (Å²) in [5.41, 5.74) is 18.8. The molecular weight excluding hydrogens is 318 g/mol. The number of aromatic nitrogens is 2. The second kappa shape index (κ2) is 7.64. The van der Waals surface area contributed by atoms with Crippen LogP contribution in [0.1, 0.15) is 10.4 Å². The molecule has 2 aromatic carbocycles. The van der Waals surface area contributed by atoms with E-state index in [0.717, 1.165) is 5.69 Å². The summed E-state index contributed by atoms with van der Waals surface area (Å²) >= 11 is 0. The Bertz CT molecular complexity index is 840. The Hall–Kier alpha value is -3.81. The van der Waals surface area contributed by atoms with E-state index in [-0.39, 0.29) is 17.4 Å². The van der Waals surface area contributed by atoms with Gasteiger partial charge in [0, 0.05) is 5.56 Å². The number of rotatable bonds is 6. The molecule has 0 saturated carbocycles. The van der Waals surface area contributed by atoms with Crippen LogP contribution in [0.5, 0.6) is 0 Å². The van der Waals surface area contributed by atoms with Crippen LogP contribution in [0.25, 0.3) is 0 Å². The van der Waals surface area contributed by atoms with Crippen molar-refractivity contribution in [2.75, 3.05) is 22.0 Å². The van der Waals surface area contributed by atoms with Crippen molar-refractivity contribution in [3.05, 3.63) is 72.6 Å². The Morgan fingerprint density at radius 1 is 0.800 bits per heavy atom. The SMILES string of the molecule is Nc1c(NNC(=O)c2ccccc2)ncnc1NNc1ccccc1. The predicted octanol–water partition coefficient (Wildman–Crippen LogP) is 2.25. The average molecular weight is 335 g/mol. The molecule has 1 aromatic heterocycles. The Morgan fingerprint density at radius 3 is 2.08 bits per heavy atom. The van der Waals surface area contributed by atoms with Gasteiger partial charge in [-0.3, -0.25) is 26.5 Å². The molecule has 25 heavy (non-hydrogen) atoms. The summed E-state index contributed by atoms with van der Waals surface area (Å²) in [5, 5.41) is 0. The van der Waals surface area contributed by atoms with Crippen molar-refractivity contribution in [1.29, 1.82) is 0 Å². The number of hydrogen-bond donors (Lipinski definition) is 5. The number of para-hydroxylation sites is 1. The Kier molecular flexibility index (Phi) is 4.91. The molecule has 0 unspecified atom stereocenters. The maximum atomic E-state index is 12.0. The fourth-order valence-electron chi connectivity index (χ4n) is 2.03. The maximum absolute atomic E-state index is 12.0. The van der Waals surface area contributed by atoms with Gasteiger partial charge in [-0.15, -0.1) is 0 Å². The summed E-state index contributed by atoms with van der Waals surface area (Å²) in [5.74, 6) is 0.377. The van der Waals surface area contributed by atoms with E-state index in [1.54, 1.807) is 24.3 Å². The number of hydrazine groups is 2. The molecule has 0 aliphatic rings. The summed E-state index contributed by atoms with van der Waals surface area (Å²) < 4.78 is 0. The van der Waals surface area contributed by atoms with E-state index in [4.69, 9.17) is 5.73 Å². The highest BCUT2D eigenvalue weighted by Crippen LogP contribution is 2.21. The highest BCUT2D eigenvalue weighted by molar-refractivity contribution is 5.95. The lowest BCUT2D eigenvalue weighted by Crippen LogP contribution is -2.30. The largest absolute Gasteiger partial charge is 0.393 e. The zero-order valence-corrected chi connectivity index (χ0v) is 13.2. The molecule has 6 N–H and O–H groups in total. The number of nitrogens with zero attached hydrogens (tertiary/aromatic N) is 2. The number of anilines is 4. The zero-order chi connectivity index (χ0) is 17.5. The lowest BCUT2D eigenvalue weighted by Gasteiger charge is -2.14. The normalized spacial score (nSPS) is 9.92. The third-order valence-electron chi connectivity index (χ3n) is 3.31. The number of hydrogen-bond acceptors (Lipinski definition) is 7. The van der Waals surface area contributed by atoms with Crippen molar-refractivity contribution < 1.29 is 4.79 Å². The zero-order valence-electron chi connectivity index (χ0n) is 13.2. The van der Waals surface area contributed by atoms with Crippen molar-refractivity contribution in [2.24, 2.45) is 0 Å². The first kappa shape index (κ1) is 16.1. The van der Waals surface area contributed by atoms with Gasteiger partial charge in [0.25, 0.3) is 5.91 Å². The molecule has 0 aliphatic heterocycles. The molecule has 126 valence electrons. The molecule has 8 nitrogen and oxygen atoms in total. The number of nitrogens with one attached hydrogen (secondary N) is 4. The van der Waals surface area contributed by atoms with Crippen LogP contribution in [0.4, 0.5) is 23.0 Å². The Labute approximate surface area is 144 Å². The van der Waals surface area contributed by atoms with E-state index >= 15 is 0 Å². The molecular formula is C17H17N7O. The standard InChI is InChI=1S/C17H17N7O/c18-14-15(22-21-13-9-5-2-6-10-13)19-11-20-16(14)23-24-17(25)12-7-3-1-4-8-12/h1-11,21H,18H2,(H,24,25)(H2,19,20,22,23). The Balaban J connectivity index is 1.63. The molecule has 0 atom stereocenters. The minimum atomic E-state index is -0.296. The molecule has 3 rings (SSSR count). The molecule has 0 aliphatic carbocycles. The van der Waals surface area contributed by atoms with Crippen molar-refractivity contribution in [1.82, 2.24) is 15.4 Å². The van der Waals surface area contributed by atoms with Gasteiger partial charge in [-0.05, 0) is 24.3 Å². The van der Waals surface area contributed by atoms with Crippen molar-refractivity contribution in [2.45, 2.75) is 0 Å². The van der Waals surface area contributed by atoms with E-state index in [1.165, 1.54) is 6.33 Å². The average Bonchev–Trinajstić information content (AvgIpc) is 2.67. The molecule has 1 heterocycles. The third-order valence-corrected chi connectivity index (χ3v) is 3.31. The number of amides is 1. The lowest BCUT2D eigenvalue weighted by molar-refractivity contribution is 0.0962. The first-order valence-corrected chi connectivity index (χ1v) is 7.53. The summed E-state index contributed by atoms with van der Waals surface area (Å²) in [6.45, 7) is 0. The maximum Gasteiger partial charge on any atom is 0.269 e. The van der Waals surface area contributed by atoms with Crippen LogP contribution in [-0.4, -0.2) is 15.9 Å². The molecule has 0 spiro atoms. The minimum Gasteiger partial charge on any atom is -0.393 e. The van der Waals surface area contributed by atoms with E-state index in [2.05, 4.69) is 31.7 Å². The van der Waals surface area contributed by atoms with Gasteiger partial charge in [-0.1, -0.05) is 36.4 Å².